The van der Waals surface area contributed by atoms with Crippen LogP contribution in [0, 0.1) is 0 Å². The van der Waals surface area contributed by atoms with Gasteiger partial charge < -0.3 is 13.6 Å². The molecule has 6 nitrogen and oxygen atoms in total. The Morgan fingerprint density at radius 1 is 0.393 bits per heavy atom. The van der Waals surface area contributed by atoms with Crippen molar-refractivity contribution in [2.24, 2.45) is 0 Å². The van der Waals surface area contributed by atoms with Crippen LogP contribution in [-0.4, -0.2) is 24.1 Å². The van der Waals surface area contributed by atoms with Crippen LogP contribution < -0.4 is 0 Å². The number of furan rings is 1. The minimum Gasteiger partial charge on any atom is -0.456 e. The van der Waals surface area contributed by atoms with E-state index in [-0.39, 0.29) is 0 Å². The lowest BCUT2D eigenvalue weighted by molar-refractivity contribution is 0.669. The van der Waals surface area contributed by atoms with Crippen LogP contribution >= 0.6 is 0 Å². The van der Waals surface area contributed by atoms with Crippen LogP contribution in [0.3, 0.4) is 0 Å². The lowest BCUT2D eigenvalue weighted by Gasteiger charge is -2.15. The third-order valence-corrected chi connectivity index (χ3v) is 11.2. The van der Waals surface area contributed by atoms with Crippen molar-refractivity contribution in [2.45, 2.75) is 0 Å². The van der Waals surface area contributed by atoms with Crippen molar-refractivity contribution in [1.82, 2.24) is 24.1 Å². The maximum atomic E-state index is 6.37. The molecule has 262 valence electrons. The van der Waals surface area contributed by atoms with Crippen LogP contribution in [0.25, 0.3) is 105 Å². The van der Waals surface area contributed by atoms with Gasteiger partial charge in [-0.05, 0) is 60.7 Å². The molecule has 0 saturated heterocycles. The Morgan fingerprint density at radius 2 is 1.00 bits per heavy atom. The molecule has 4 heterocycles. The number of benzene rings is 8. The third-order valence-electron chi connectivity index (χ3n) is 11.2. The van der Waals surface area contributed by atoms with E-state index in [2.05, 4.69) is 161 Å². The average Bonchev–Trinajstić information content (AvgIpc) is 4.03. The van der Waals surface area contributed by atoms with Gasteiger partial charge in [-0.25, -0.2) is 4.68 Å². The van der Waals surface area contributed by atoms with Gasteiger partial charge in [0.25, 0.3) is 0 Å². The number of hydrogen-bond acceptors (Lipinski definition) is 3. The summed E-state index contributed by atoms with van der Waals surface area (Å²) in [5.41, 5.74) is 13.2. The molecule has 56 heavy (non-hydrogen) atoms. The van der Waals surface area contributed by atoms with Gasteiger partial charge >= 0.3 is 0 Å². The van der Waals surface area contributed by atoms with E-state index < -0.39 is 0 Å². The second-order valence-corrected chi connectivity index (χ2v) is 14.3. The predicted octanol–water partition coefficient (Wildman–Crippen LogP) is 12.7. The molecule has 0 radical (unpaired) electrons. The van der Waals surface area contributed by atoms with Gasteiger partial charge in [-0.2, -0.15) is 0 Å². The van der Waals surface area contributed by atoms with Gasteiger partial charge in [0, 0.05) is 54.8 Å². The van der Waals surface area contributed by atoms with Crippen molar-refractivity contribution in [2.75, 3.05) is 0 Å². The number of nitrogens with zero attached hydrogens (tertiary/aromatic N) is 5. The second kappa shape index (κ2) is 11.9. The van der Waals surface area contributed by atoms with Crippen molar-refractivity contribution in [3.63, 3.8) is 0 Å². The monoisotopic (exact) mass is 717 g/mol. The van der Waals surface area contributed by atoms with E-state index in [0.717, 1.165) is 94.4 Å². The Hall–Kier alpha value is -7.70. The van der Waals surface area contributed by atoms with E-state index in [1.54, 1.807) is 0 Å². The summed E-state index contributed by atoms with van der Waals surface area (Å²) >= 11 is 0. The minimum absolute atomic E-state index is 0.830. The van der Waals surface area contributed by atoms with E-state index >= 15 is 0 Å². The Kier molecular flexibility index (Phi) is 6.53. The van der Waals surface area contributed by atoms with E-state index in [1.807, 2.05) is 41.1 Å². The van der Waals surface area contributed by atoms with Crippen LogP contribution in [-0.2, 0) is 0 Å². The van der Waals surface area contributed by atoms with Gasteiger partial charge in [0.1, 0.15) is 22.6 Å². The standard InChI is InChI=1S/C50H31N5O/c1-3-15-32(16-4-1)48-50(55(52-51-48)33-17-5-2-6-18-33)40-25-14-24-39-36-21-7-11-27-44(36)54(49(39)40)35-20-13-19-34(29-35)53-43-26-10-8-22-37(43)41-31-47-42(30-45(41)53)38-23-9-12-28-46(38)56-47/h1-31H. The Labute approximate surface area is 320 Å². The van der Waals surface area contributed by atoms with Crippen molar-refractivity contribution < 1.29 is 4.42 Å². The van der Waals surface area contributed by atoms with Crippen LogP contribution in [0.5, 0.6) is 0 Å². The zero-order valence-electron chi connectivity index (χ0n) is 30.0. The lowest BCUT2D eigenvalue weighted by Crippen LogP contribution is -2.02. The topological polar surface area (TPSA) is 53.7 Å². The fraction of sp³-hybridized carbons (Fsp3) is 0. The van der Waals surface area contributed by atoms with Crippen molar-refractivity contribution in [3.05, 3.63) is 188 Å². The maximum Gasteiger partial charge on any atom is 0.136 e. The number of rotatable bonds is 5. The highest BCUT2D eigenvalue weighted by atomic mass is 16.3. The van der Waals surface area contributed by atoms with E-state index in [4.69, 9.17) is 14.7 Å². The number of hydrogen-bond donors (Lipinski definition) is 0. The molecule has 4 aromatic heterocycles. The molecule has 0 atom stereocenters. The fourth-order valence-corrected chi connectivity index (χ4v) is 8.78. The summed E-state index contributed by atoms with van der Waals surface area (Å²) in [7, 11) is 0. The smallest absolute Gasteiger partial charge is 0.136 e. The first kappa shape index (κ1) is 30.7. The molecule has 0 fully saturated rings. The van der Waals surface area contributed by atoms with Crippen molar-refractivity contribution in [1.29, 1.82) is 0 Å². The molecule has 12 rings (SSSR count). The van der Waals surface area contributed by atoms with Gasteiger partial charge in [-0.3, -0.25) is 0 Å². The molecule has 0 saturated carbocycles. The summed E-state index contributed by atoms with van der Waals surface area (Å²) in [5.74, 6) is 0. The molecule has 0 aliphatic rings. The molecule has 0 aliphatic carbocycles. The summed E-state index contributed by atoms with van der Waals surface area (Å²) in [4.78, 5) is 0. The zero-order valence-corrected chi connectivity index (χ0v) is 30.0. The van der Waals surface area contributed by atoms with Crippen molar-refractivity contribution >= 4 is 65.6 Å². The summed E-state index contributed by atoms with van der Waals surface area (Å²) in [6.45, 7) is 0. The van der Waals surface area contributed by atoms with Gasteiger partial charge in [-0.15, -0.1) is 5.10 Å². The molecule has 6 heteroatoms. The van der Waals surface area contributed by atoms with Crippen LogP contribution in [0.2, 0.25) is 0 Å². The SMILES string of the molecule is c1ccc(-c2nnn(-c3ccccc3)c2-c2cccc3c4ccccc4n(-c4cccc(-n5c6ccccc6c6cc7oc8ccccc8c7cc65)c4)c23)cc1. The third kappa shape index (κ3) is 4.44. The molecular formula is C50H31N5O. The first-order valence-electron chi connectivity index (χ1n) is 18.8. The Bertz CT molecular complexity index is 3420. The molecule has 8 aromatic carbocycles. The summed E-state index contributed by atoms with van der Waals surface area (Å²) in [6.07, 6.45) is 0. The van der Waals surface area contributed by atoms with E-state index in [0.29, 0.717) is 0 Å². The molecule has 0 aliphatic heterocycles. The molecule has 0 N–H and O–H groups in total. The highest BCUT2D eigenvalue weighted by Crippen LogP contribution is 2.43. The molecule has 0 spiro atoms. The summed E-state index contributed by atoms with van der Waals surface area (Å²) < 4.78 is 13.2. The average molecular weight is 718 g/mol. The van der Waals surface area contributed by atoms with Gasteiger partial charge in [0.15, 0.2) is 0 Å². The summed E-state index contributed by atoms with van der Waals surface area (Å²) in [5, 5.41) is 16.5. The summed E-state index contributed by atoms with van der Waals surface area (Å²) in [6, 6.07) is 66.3. The van der Waals surface area contributed by atoms with Gasteiger partial charge in [0.05, 0.1) is 27.8 Å². The Balaban J connectivity index is 1.15. The van der Waals surface area contributed by atoms with E-state index in [1.165, 1.54) is 10.8 Å². The largest absolute Gasteiger partial charge is 0.456 e. The molecule has 0 bridgehead atoms. The second-order valence-electron chi connectivity index (χ2n) is 14.3. The van der Waals surface area contributed by atoms with Crippen LogP contribution in [0.15, 0.2) is 192 Å². The lowest BCUT2D eigenvalue weighted by atomic mass is 10.0. The fourth-order valence-electron chi connectivity index (χ4n) is 8.78. The maximum absolute atomic E-state index is 6.37. The number of para-hydroxylation sites is 5. The van der Waals surface area contributed by atoms with Crippen LogP contribution in [0.4, 0.5) is 0 Å². The molecule has 12 aromatic rings. The molecule has 0 amide bonds. The highest BCUT2D eigenvalue weighted by molar-refractivity contribution is 6.17. The highest BCUT2D eigenvalue weighted by Gasteiger charge is 2.24. The number of aromatic nitrogens is 5. The zero-order chi connectivity index (χ0) is 36.7. The van der Waals surface area contributed by atoms with E-state index in [9.17, 15) is 0 Å². The van der Waals surface area contributed by atoms with Crippen molar-refractivity contribution in [3.8, 4) is 39.6 Å². The van der Waals surface area contributed by atoms with Crippen LogP contribution in [0.1, 0.15) is 0 Å². The molecular weight excluding hydrogens is 687 g/mol. The molecule has 0 unspecified atom stereocenters. The first-order chi connectivity index (χ1) is 27.8. The Morgan fingerprint density at radius 3 is 1.80 bits per heavy atom. The normalized spacial score (nSPS) is 11.9. The van der Waals surface area contributed by atoms with Gasteiger partial charge in [0.2, 0.25) is 0 Å². The predicted molar refractivity (Wildman–Crippen MR) is 228 cm³/mol. The quantitative estimate of drug-likeness (QED) is 0.178. The first-order valence-corrected chi connectivity index (χ1v) is 18.8. The number of fused-ring (bicyclic) bond motifs is 9. The minimum atomic E-state index is 0.830. The van der Waals surface area contributed by atoms with Gasteiger partial charge in [-0.1, -0.05) is 133 Å².